The van der Waals surface area contributed by atoms with Crippen LogP contribution in [0.2, 0.25) is 5.02 Å². The Labute approximate surface area is 116 Å². The van der Waals surface area contributed by atoms with Crippen LogP contribution in [0.4, 0.5) is 11.4 Å². The molecule has 1 heterocycles. The highest BCUT2D eigenvalue weighted by Gasteiger charge is 2.41. The Bertz CT molecular complexity index is 505. The number of anilines is 1. The molecule has 1 aromatic carbocycles. The number of nitrogens with zero attached hydrogens (tertiary/aromatic N) is 1. The lowest BCUT2D eigenvalue weighted by Gasteiger charge is -2.20. The first kappa shape index (κ1) is 12.7. The second-order valence-corrected chi connectivity index (χ2v) is 5.57. The summed E-state index contributed by atoms with van der Waals surface area (Å²) in [5.41, 5.74) is 0.546. The van der Waals surface area contributed by atoms with E-state index in [2.05, 4.69) is 5.32 Å². The van der Waals surface area contributed by atoms with Crippen LogP contribution in [0.15, 0.2) is 18.2 Å². The van der Waals surface area contributed by atoms with Gasteiger partial charge in [0.2, 0.25) is 0 Å². The molecule has 2 fully saturated rings. The molecule has 2 atom stereocenters. The summed E-state index contributed by atoms with van der Waals surface area (Å²) in [7, 11) is 0. The van der Waals surface area contributed by atoms with Crippen molar-refractivity contribution in [2.24, 2.45) is 5.92 Å². The van der Waals surface area contributed by atoms with Gasteiger partial charge in [0.15, 0.2) is 0 Å². The average molecular weight is 283 g/mol. The minimum absolute atomic E-state index is 0.0222. The van der Waals surface area contributed by atoms with E-state index in [1.807, 2.05) is 0 Å². The molecule has 0 amide bonds. The summed E-state index contributed by atoms with van der Waals surface area (Å²) in [5, 5.41) is 14.7. The molecule has 2 aliphatic rings. The van der Waals surface area contributed by atoms with Gasteiger partial charge in [0, 0.05) is 17.7 Å². The molecule has 2 unspecified atom stereocenters. The molecule has 0 aromatic heterocycles. The lowest BCUT2D eigenvalue weighted by atomic mass is 10.1. The van der Waals surface area contributed by atoms with Gasteiger partial charge < -0.3 is 10.1 Å². The van der Waals surface area contributed by atoms with Crippen LogP contribution in [0.3, 0.4) is 0 Å². The second kappa shape index (κ2) is 4.98. The average Bonchev–Trinajstić information content (AvgIpc) is 3.12. The van der Waals surface area contributed by atoms with Gasteiger partial charge in [-0.15, -0.1) is 0 Å². The Morgan fingerprint density at radius 3 is 2.84 bits per heavy atom. The highest BCUT2D eigenvalue weighted by atomic mass is 35.5. The number of hydrogen-bond acceptors (Lipinski definition) is 4. The summed E-state index contributed by atoms with van der Waals surface area (Å²) in [6, 6.07) is 4.88. The lowest BCUT2D eigenvalue weighted by molar-refractivity contribution is -0.384. The van der Waals surface area contributed by atoms with E-state index in [-0.39, 0.29) is 17.8 Å². The monoisotopic (exact) mass is 282 g/mol. The fraction of sp³-hybridized carbons (Fsp3) is 0.538. The number of nitro benzene ring substituents is 1. The van der Waals surface area contributed by atoms with Gasteiger partial charge in [-0.1, -0.05) is 11.6 Å². The summed E-state index contributed by atoms with van der Waals surface area (Å²) in [4.78, 5) is 10.6. The number of halogens is 1. The SMILES string of the molecule is O=[N+]([O-])c1cc(Cl)ccc1NC1CCOC1C1CC1. The summed E-state index contributed by atoms with van der Waals surface area (Å²) in [5.74, 6) is 0.617. The zero-order valence-corrected chi connectivity index (χ0v) is 11.1. The van der Waals surface area contributed by atoms with E-state index in [1.165, 1.54) is 18.9 Å². The second-order valence-electron chi connectivity index (χ2n) is 5.13. The van der Waals surface area contributed by atoms with E-state index in [0.717, 1.165) is 13.0 Å². The number of nitro groups is 1. The molecular weight excluding hydrogens is 268 g/mol. The van der Waals surface area contributed by atoms with Crippen LogP contribution in [-0.2, 0) is 4.74 Å². The molecule has 1 aliphatic carbocycles. The predicted molar refractivity (Wildman–Crippen MR) is 72.6 cm³/mol. The summed E-state index contributed by atoms with van der Waals surface area (Å²) in [6.07, 6.45) is 3.48. The van der Waals surface area contributed by atoms with Crippen LogP contribution in [0.1, 0.15) is 19.3 Å². The van der Waals surface area contributed by atoms with E-state index >= 15 is 0 Å². The minimum Gasteiger partial charge on any atom is -0.376 e. The summed E-state index contributed by atoms with van der Waals surface area (Å²) in [6.45, 7) is 0.722. The summed E-state index contributed by atoms with van der Waals surface area (Å²) < 4.78 is 5.73. The van der Waals surface area contributed by atoms with E-state index in [4.69, 9.17) is 16.3 Å². The van der Waals surface area contributed by atoms with Crippen LogP contribution < -0.4 is 5.32 Å². The molecule has 1 saturated heterocycles. The highest BCUT2D eigenvalue weighted by Crippen LogP contribution is 2.40. The summed E-state index contributed by atoms with van der Waals surface area (Å²) >= 11 is 5.81. The molecule has 5 nitrogen and oxygen atoms in total. The third-order valence-corrected chi connectivity index (χ3v) is 3.95. The Balaban J connectivity index is 1.80. The molecule has 0 spiro atoms. The van der Waals surface area contributed by atoms with Gasteiger partial charge in [-0.05, 0) is 37.3 Å². The maximum Gasteiger partial charge on any atom is 0.293 e. The number of rotatable bonds is 4. The maximum absolute atomic E-state index is 11.1. The van der Waals surface area contributed by atoms with E-state index in [9.17, 15) is 10.1 Å². The first-order valence-electron chi connectivity index (χ1n) is 6.47. The molecule has 1 aliphatic heterocycles. The number of benzene rings is 1. The zero-order chi connectivity index (χ0) is 13.4. The van der Waals surface area contributed by atoms with Crippen molar-refractivity contribution >= 4 is 23.0 Å². The van der Waals surface area contributed by atoms with Crippen molar-refractivity contribution in [1.29, 1.82) is 0 Å². The predicted octanol–water partition coefficient (Wildman–Crippen LogP) is 3.23. The standard InChI is InChI=1S/C13H15ClN2O3/c14-9-3-4-10(12(7-9)16(17)18)15-11-5-6-19-13(11)8-1-2-8/h3-4,7-8,11,13,15H,1-2,5-6H2. The molecular formula is C13H15ClN2O3. The number of ether oxygens (including phenoxy) is 1. The van der Waals surface area contributed by atoms with E-state index < -0.39 is 4.92 Å². The van der Waals surface area contributed by atoms with Gasteiger partial charge >= 0.3 is 0 Å². The van der Waals surface area contributed by atoms with Crippen molar-refractivity contribution in [1.82, 2.24) is 0 Å². The van der Waals surface area contributed by atoms with E-state index in [1.54, 1.807) is 12.1 Å². The van der Waals surface area contributed by atoms with Crippen LogP contribution >= 0.6 is 11.6 Å². The largest absolute Gasteiger partial charge is 0.376 e. The molecule has 102 valence electrons. The fourth-order valence-corrected chi connectivity index (χ4v) is 2.80. The first-order valence-corrected chi connectivity index (χ1v) is 6.85. The molecule has 3 rings (SSSR count). The van der Waals surface area contributed by atoms with Gasteiger partial charge in [-0.2, -0.15) is 0 Å². The van der Waals surface area contributed by atoms with Gasteiger partial charge in [-0.3, -0.25) is 10.1 Å². The molecule has 19 heavy (non-hydrogen) atoms. The van der Waals surface area contributed by atoms with Gasteiger partial charge in [0.05, 0.1) is 17.1 Å². The molecule has 6 heteroatoms. The smallest absolute Gasteiger partial charge is 0.293 e. The minimum atomic E-state index is -0.407. The molecule has 1 N–H and O–H groups in total. The fourth-order valence-electron chi connectivity index (χ4n) is 2.63. The van der Waals surface area contributed by atoms with Crippen LogP contribution in [0.5, 0.6) is 0 Å². The number of nitrogens with one attached hydrogen (secondary N) is 1. The third-order valence-electron chi connectivity index (χ3n) is 3.72. The van der Waals surface area contributed by atoms with Crippen molar-refractivity contribution in [2.75, 3.05) is 11.9 Å². The van der Waals surface area contributed by atoms with Crippen LogP contribution in [-0.4, -0.2) is 23.7 Å². The van der Waals surface area contributed by atoms with Crippen molar-refractivity contribution in [2.45, 2.75) is 31.4 Å². The lowest BCUT2D eigenvalue weighted by Crippen LogP contribution is -2.31. The Kier molecular flexibility index (Phi) is 3.33. The van der Waals surface area contributed by atoms with Crippen LogP contribution in [0.25, 0.3) is 0 Å². The van der Waals surface area contributed by atoms with E-state index in [0.29, 0.717) is 16.6 Å². The molecule has 1 saturated carbocycles. The van der Waals surface area contributed by atoms with Crippen molar-refractivity contribution in [3.8, 4) is 0 Å². The van der Waals surface area contributed by atoms with Crippen molar-refractivity contribution < 1.29 is 9.66 Å². The topological polar surface area (TPSA) is 64.4 Å². The quantitative estimate of drug-likeness (QED) is 0.680. The molecule has 1 aromatic rings. The number of hydrogen-bond donors (Lipinski definition) is 1. The first-order chi connectivity index (χ1) is 9.15. The Hall–Kier alpha value is -1.33. The maximum atomic E-state index is 11.1. The van der Waals surface area contributed by atoms with Gasteiger partial charge in [-0.25, -0.2) is 0 Å². The Morgan fingerprint density at radius 1 is 1.37 bits per heavy atom. The zero-order valence-electron chi connectivity index (χ0n) is 10.3. The van der Waals surface area contributed by atoms with Crippen molar-refractivity contribution in [3.63, 3.8) is 0 Å². The van der Waals surface area contributed by atoms with Gasteiger partial charge in [0.1, 0.15) is 5.69 Å². The molecule has 0 radical (unpaired) electrons. The van der Waals surface area contributed by atoms with Gasteiger partial charge in [0.25, 0.3) is 5.69 Å². The third kappa shape index (κ3) is 2.67. The highest BCUT2D eigenvalue weighted by molar-refractivity contribution is 6.30. The molecule has 0 bridgehead atoms. The van der Waals surface area contributed by atoms with Crippen molar-refractivity contribution in [3.05, 3.63) is 33.3 Å². The Morgan fingerprint density at radius 2 is 2.16 bits per heavy atom. The normalized spacial score (nSPS) is 26.4. The van der Waals surface area contributed by atoms with Crippen LogP contribution in [0, 0.1) is 16.0 Å².